The number of hydrogen-bond donors (Lipinski definition) is 1. The van der Waals surface area contributed by atoms with E-state index in [-0.39, 0.29) is 5.91 Å². The molecule has 1 amide bonds. The van der Waals surface area contributed by atoms with Crippen LogP contribution in [0.5, 0.6) is 0 Å². The Bertz CT molecular complexity index is 1520. The third-order valence-corrected chi connectivity index (χ3v) is 7.23. The molecule has 7 nitrogen and oxygen atoms in total. The average molecular weight is 479 g/mol. The Morgan fingerprint density at radius 2 is 1.51 bits per heavy atom. The van der Waals surface area contributed by atoms with Crippen LogP contribution in [-0.4, -0.2) is 31.8 Å². The zero-order valence-electron chi connectivity index (χ0n) is 19.2. The fourth-order valence-corrected chi connectivity index (χ4v) is 5.36. The molecule has 0 aliphatic carbocycles. The summed E-state index contributed by atoms with van der Waals surface area (Å²) >= 11 is 1.73. The van der Waals surface area contributed by atoms with E-state index in [1.165, 1.54) is 0 Å². The second kappa shape index (κ2) is 8.56. The molecule has 2 aromatic heterocycles. The third-order valence-electron chi connectivity index (χ3n) is 6.10. The molecule has 1 unspecified atom stereocenters. The number of amides is 1. The summed E-state index contributed by atoms with van der Waals surface area (Å²) in [6.45, 7) is 3.81. The van der Waals surface area contributed by atoms with E-state index in [4.69, 9.17) is 0 Å². The molecule has 35 heavy (non-hydrogen) atoms. The number of carbonyl (C=O) groups excluding carboxylic acids is 1. The van der Waals surface area contributed by atoms with Crippen molar-refractivity contribution in [1.29, 1.82) is 0 Å². The van der Waals surface area contributed by atoms with Crippen LogP contribution in [0.25, 0.3) is 16.9 Å². The van der Waals surface area contributed by atoms with Gasteiger partial charge in [0, 0.05) is 21.0 Å². The largest absolute Gasteiger partial charge is 0.327 e. The average Bonchev–Trinajstić information content (AvgIpc) is 3.27. The lowest BCUT2D eigenvalue weighted by atomic mass is 10.1. The number of aromatic nitrogens is 4. The van der Waals surface area contributed by atoms with Crippen LogP contribution in [0.3, 0.4) is 0 Å². The number of nitrogens with zero attached hydrogens (tertiary/aromatic N) is 5. The van der Waals surface area contributed by atoms with Crippen molar-refractivity contribution < 1.29 is 4.79 Å². The van der Waals surface area contributed by atoms with Gasteiger partial charge < -0.3 is 10.2 Å². The molecule has 0 spiro atoms. The minimum absolute atomic E-state index is 0.0751. The zero-order valence-corrected chi connectivity index (χ0v) is 20.0. The van der Waals surface area contributed by atoms with Crippen LogP contribution in [0.4, 0.5) is 17.1 Å². The highest BCUT2D eigenvalue weighted by Crippen LogP contribution is 2.48. The van der Waals surface area contributed by atoms with Gasteiger partial charge in [0.15, 0.2) is 11.5 Å². The normalized spacial score (nSPS) is 13.3. The third kappa shape index (κ3) is 3.81. The predicted molar refractivity (Wildman–Crippen MR) is 138 cm³/mol. The van der Waals surface area contributed by atoms with Gasteiger partial charge in [-0.25, -0.2) is 0 Å². The van der Waals surface area contributed by atoms with Gasteiger partial charge in [-0.3, -0.25) is 4.79 Å². The van der Waals surface area contributed by atoms with Crippen LogP contribution in [0.15, 0.2) is 94.7 Å². The Morgan fingerprint density at radius 1 is 0.857 bits per heavy atom. The summed E-state index contributed by atoms with van der Waals surface area (Å²) in [6, 6.07) is 27.5. The van der Waals surface area contributed by atoms with Gasteiger partial charge in [-0.2, -0.15) is 9.61 Å². The molecule has 1 atom stereocenters. The van der Waals surface area contributed by atoms with Crippen molar-refractivity contribution >= 4 is 40.4 Å². The van der Waals surface area contributed by atoms with Crippen molar-refractivity contribution in [3.63, 3.8) is 0 Å². The molecule has 0 saturated carbocycles. The van der Waals surface area contributed by atoms with E-state index in [9.17, 15) is 4.79 Å². The predicted octanol–water partition coefficient (Wildman–Crippen LogP) is 5.73. The Labute approximate surface area is 206 Å². The van der Waals surface area contributed by atoms with Gasteiger partial charge in [-0.15, -0.1) is 10.2 Å². The van der Waals surface area contributed by atoms with E-state index < -0.39 is 6.04 Å². The van der Waals surface area contributed by atoms with Crippen LogP contribution in [0.1, 0.15) is 12.7 Å². The van der Waals surface area contributed by atoms with E-state index in [0.717, 1.165) is 43.9 Å². The summed E-state index contributed by atoms with van der Waals surface area (Å²) in [7, 11) is 0. The Kier molecular flexibility index (Phi) is 5.22. The van der Waals surface area contributed by atoms with Gasteiger partial charge in [0.1, 0.15) is 6.04 Å². The number of fused-ring (bicyclic) bond motifs is 3. The fourth-order valence-electron chi connectivity index (χ4n) is 4.29. The number of para-hydroxylation sites is 2. The van der Waals surface area contributed by atoms with E-state index >= 15 is 0 Å². The number of aryl methyl sites for hydroxylation is 1. The molecular weight excluding hydrogens is 456 g/mol. The highest BCUT2D eigenvalue weighted by atomic mass is 32.2. The molecule has 3 aromatic carbocycles. The first-order valence-electron chi connectivity index (χ1n) is 11.3. The summed E-state index contributed by atoms with van der Waals surface area (Å²) in [5.41, 5.74) is 5.29. The molecule has 0 radical (unpaired) electrons. The highest BCUT2D eigenvalue weighted by Gasteiger charge is 2.30. The molecule has 0 bridgehead atoms. The van der Waals surface area contributed by atoms with Gasteiger partial charge in [0.05, 0.1) is 17.1 Å². The lowest BCUT2D eigenvalue weighted by molar-refractivity contribution is -0.117. The molecule has 0 fully saturated rings. The number of hydrogen-bond acceptors (Lipinski definition) is 6. The summed E-state index contributed by atoms with van der Waals surface area (Å²) < 4.78 is 1.72. The molecule has 1 aliphatic rings. The first-order chi connectivity index (χ1) is 17.1. The molecule has 172 valence electrons. The SMILES string of the molecule is Cc1nnc2ccc(-c3ccc(NC(=O)C(C)N4c5ccccc5Sc5ccccc54)cc3)nn12. The molecule has 1 N–H and O–H groups in total. The Hall–Kier alpha value is -4.17. The van der Waals surface area contributed by atoms with Gasteiger partial charge in [0.25, 0.3) is 0 Å². The van der Waals surface area contributed by atoms with Gasteiger partial charge in [0.2, 0.25) is 5.91 Å². The van der Waals surface area contributed by atoms with Crippen LogP contribution < -0.4 is 10.2 Å². The first kappa shape index (κ1) is 21.4. The number of rotatable bonds is 4. The monoisotopic (exact) mass is 478 g/mol. The zero-order chi connectivity index (χ0) is 23.9. The molecular formula is C27H22N6OS. The number of nitrogens with one attached hydrogen (secondary N) is 1. The van der Waals surface area contributed by atoms with Crippen molar-refractivity contribution in [2.75, 3.05) is 10.2 Å². The van der Waals surface area contributed by atoms with Crippen LogP contribution in [0, 0.1) is 6.92 Å². The minimum Gasteiger partial charge on any atom is -0.327 e. The van der Waals surface area contributed by atoms with Crippen LogP contribution in [-0.2, 0) is 4.79 Å². The Balaban J connectivity index is 1.24. The second-order valence-corrected chi connectivity index (χ2v) is 9.47. The smallest absolute Gasteiger partial charge is 0.247 e. The van der Waals surface area contributed by atoms with Gasteiger partial charge in [-0.1, -0.05) is 48.2 Å². The highest BCUT2D eigenvalue weighted by molar-refractivity contribution is 7.99. The molecule has 0 saturated heterocycles. The van der Waals surface area contributed by atoms with Crippen LogP contribution >= 0.6 is 11.8 Å². The first-order valence-corrected chi connectivity index (χ1v) is 12.2. The topological polar surface area (TPSA) is 75.4 Å². The Morgan fingerprint density at radius 3 is 2.20 bits per heavy atom. The maximum Gasteiger partial charge on any atom is 0.247 e. The number of benzene rings is 3. The van der Waals surface area contributed by atoms with Crippen molar-refractivity contribution in [2.45, 2.75) is 29.7 Å². The summed E-state index contributed by atoms with van der Waals surface area (Å²) in [4.78, 5) is 17.8. The van der Waals surface area contributed by atoms with Gasteiger partial charge >= 0.3 is 0 Å². The van der Waals surface area contributed by atoms with Crippen molar-refractivity contribution in [3.05, 3.63) is 90.8 Å². The maximum absolute atomic E-state index is 13.4. The van der Waals surface area contributed by atoms with E-state index in [1.54, 1.807) is 16.3 Å². The van der Waals surface area contributed by atoms with E-state index in [1.807, 2.05) is 74.5 Å². The standard InChI is InChI=1S/C27H22N6OS/c1-17(32-22-7-3-5-9-24(22)35-25-10-6-4-8-23(25)32)27(34)28-20-13-11-19(12-14-20)21-15-16-26-30-29-18(2)33(26)31-21/h3-17H,1-2H3,(H,28,34). The van der Waals surface area contributed by atoms with Gasteiger partial charge in [-0.05, 0) is 62.4 Å². The van der Waals surface area contributed by atoms with E-state index in [0.29, 0.717) is 5.65 Å². The summed E-state index contributed by atoms with van der Waals surface area (Å²) in [5, 5.41) is 15.8. The lowest BCUT2D eigenvalue weighted by Crippen LogP contribution is -2.40. The molecule has 1 aliphatic heterocycles. The van der Waals surface area contributed by atoms with Crippen molar-refractivity contribution in [3.8, 4) is 11.3 Å². The molecule has 8 heteroatoms. The van der Waals surface area contributed by atoms with Crippen molar-refractivity contribution in [1.82, 2.24) is 19.8 Å². The molecule has 5 aromatic rings. The molecule has 3 heterocycles. The minimum atomic E-state index is -0.404. The quantitative estimate of drug-likeness (QED) is 0.356. The lowest BCUT2D eigenvalue weighted by Gasteiger charge is -2.36. The maximum atomic E-state index is 13.4. The number of carbonyl (C=O) groups is 1. The summed E-state index contributed by atoms with van der Waals surface area (Å²) in [6.07, 6.45) is 0. The van der Waals surface area contributed by atoms with Crippen LogP contribution in [0.2, 0.25) is 0 Å². The second-order valence-electron chi connectivity index (χ2n) is 8.39. The van der Waals surface area contributed by atoms with E-state index in [2.05, 4.69) is 49.8 Å². The fraction of sp³-hybridized carbons (Fsp3) is 0.111. The molecule has 6 rings (SSSR count). The number of anilines is 3. The summed E-state index contributed by atoms with van der Waals surface area (Å²) in [5.74, 6) is 0.660. The van der Waals surface area contributed by atoms with Crippen molar-refractivity contribution in [2.24, 2.45) is 0 Å².